The third kappa shape index (κ3) is 5.14. The average molecular weight is 531 g/mol. The molecule has 8 nitrogen and oxygen atoms in total. The fourth-order valence-corrected chi connectivity index (χ4v) is 4.35. The number of para-hydroxylation sites is 2. The van der Waals surface area contributed by atoms with E-state index in [1.165, 1.54) is 24.3 Å². The molecule has 40 heavy (non-hydrogen) atoms. The molecule has 5 aromatic rings. The summed E-state index contributed by atoms with van der Waals surface area (Å²) in [6.45, 7) is 0. The minimum absolute atomic E-state index is 0.229. The summed E-state index contributed by atoms with van der Waals surface area (Å²) in [6.07, 6.45) is 0. The van der Waals surface area contributed by atoms with Crippen molar-refractivity contribution in [1.82, 2.24) is 0 Å². The van der Waals surface area contributed by atoms with Crippen LogP contribution in [-0.4, -0.2) is 11.9 Å². The maximum absolute atomic E-state index is 13.0. The van der Waals surface area contributed by atoms with Crippen LogP contribution in [0.2, 0.25) is 0 Å². The maximum Gasteiger partial charge on any atom is 0.343 e. The monoisotopic (exact) mass is 530 g/mol. The zero-order valence-electron chi connectivity index (χ0n) is 21.3. The van der Waals surface area contributed by atoms with Crippen LogP contribution in [0.4, 0.5) is 22.7 Å². The highest BCUT2D eigenvalue weighted by molar-refractivity contribution is 5.98. The Kier molecular flexibility index (Phi) is 7.07. The molecule has 198 valence electrons. The Hall–Kier alpha value is -5.76. The van der Waals surface area contributed by atoms with Gasteiger partial charge in [-0.15, -0.1) is 0 Å². The van der Waals surface area contributed by atoms with Crippen LogP contribution in [0.25, 0.3) is 22.3 Å². The van der Waals surface area contributed by atoms with E-state index in [9.17, 15) is 9.59 Å². The van der Waals surface area contributed by atoms with Gasteiger partial charge in [0.05, 0.1) is 11.1 Å². The van der Waals surface area contributed by atoms with E-state index < -0.39 is 11.9 Å². The van der Waals surface area contributed by atoms with Crippen LogP contribution >= 0.6 is 0 Å². The molecule has 0 aliphatic carbocycles. The highest BCUT2D eigenvalue weighted by atomic mass is 16.5. The first-order valence-electron chi connectivity index (χ1n) is 12.3. The average Bonchev–Trinajstić information content (AvgIpc) is 2.95. The van der Waals surface area contributed by atoms with Crippen molar-refractivity contribution in [3.63, 3.8) is 0 Å². The third-order valence-electron chi connectivity index (χ3n) is 6.34. The lowest BCUT2D eigenvalue weighted by atomic mass is 10.0. The van der Waals surface area contributed by atoms with Gasteiger partial charge in [0.2, 0.25) is 0 Å². The number of ether oxygens (including phenoxy) is 2. The van der Waals surface area contributed by atoms with Crippen molar-refractivity contribution in [3.8, 4) is 33.8 Å². The van der Waals surface area contributed by atoms with Crippen molar-refractivity contribution in [2.75, 3.05) is 22.9 Å². The van der Waals surface area contributed by atoms with E-state index in [-0.39, 0.29) is 22.6 Å². The number of carbonyl (C=O) groups is 2. The summed E-state index contributed by atoms with van der Waals surface area (Å²) in [6, 6.07) is 30.4. The minimum atomic E-state index is -0.626. The first kappa shape index (κ1) is 25.9. The number of rotatable bonds is 6. The Morgan fingerprint density at radius 1 is 0.425 bits per heavy atom. The number of hydrogen-bond acceptors (Lipinski definition) is 8. The second-order valence-electron chi connectivity index (χ2n) is 8.97. The molecule has 0 aliphatic rings. The van der Waals surface area contributed by atoms with Crippen LogP contribution in [0.1, 0.15) is 20.7 Å². The van der Waals surface area contributed by atoms with E-state index in [4.69, 9.17) is 32.4 Å². The first-order chi connectivity index (χ1) is 19.3. The molecule has 0 radical (unpaired) electrons. The predicted molar refractivity (Wildman–Crippen MR) is 158 cm³/mol. The maximum atomic E-state index is 13.0. The number of nitrogens with two attached hydrogens (primary N) is 4. The lowest BCUT2D eigenvalue weighted by Gasteiger charge is -2.15. The molecule has 0 fully saturated rings. The highest BCUT2D eigenvalue weighted by Crippen LogP contribution is 2.40. The van der Waals surface area contributed by atoms with Crippen molar-refractivity contribution < 1.29 is 19.1 Å². The molecule has 0 bridgehead atoms. The standard InChI is InChI=1S/C32H26N4O4/c33-23-9-3-1-7-21(23)29-25(35)11-5-13-27(29)39-31(37)19-15-17-20(18-16-19)32(38)40-28-14-6-12-26(36)30(28)22-8-2-4-10-24(22)34/h1-18H,33-36H2. The second kappa shape index (κ2) is 10.9. The van der Waals surface area contributed by atoms with Crippen LogP contribution in [-0.2, 0) is 0 Å². The summed E-state index contributed by atoms with van der Waals surface area (Å²) in [5.41, 5.74) is 29.3. The van der Waals surface area contributed by atoms with Gasteiger partial charge in [-0.25, -0.2) is 9.59 Å². The van der Waals surface area contributed by atoms with Crippen LogP contribution in [0.15, 0.2) is 109 Å². The van der Waals surface area contributed by atoms with Crippen molar-refractivity contribution in [2.24, 2.45) is 0 Å². The molecule has 0 unspecified atom stereocenters. The zero-order valence-corrected chi connectivity index (χ0v) is 21.3. The Balaban J connectivity index is 1.36. The summed E-state index contributed by atoms with van der Waals surface area (Å²) >= 11 is 0. The van der Waals surface area contributed by atoms with Gasteiger partial charge in [0, 0.05) is 45.0 Å². The molecule has 5 aromatic carbocycles. The first-order valence-corrected chi connectivity index (χ1v) is 12.3. The third-order valence-corrected chi connectivity index (χ3v) is 6.34. The molecule has 0 aromatic heterocycles. The van der Waals surface area contributed by atoms with Crippen LogP contribution in [0, 0.1) is 0 Å². The molecule has 0 atom stereocenters. The van der Waals surface area contributed by atoms with Crippen molar-refractivity contribution >= 4 is 34.7 Å². The normalized spacial score (nSPS) is 10.6. The Bertz CT molecular complexity index is 1600. The fourth-order valence-electron chi connectivity index (χ4n) is 4.35. The van der Waals surface area contributed by atoms with Gasteiger partial charge in [-0.05, 0) is 60.7 Å². The fraction of sp³-hybridized carbons (Fsp3) is 0. The molecular weight excluding hydrogens is 504 g/mol. The topological polar surface area (TPSA) is 157 Å². The molecule has 0 saturated carbocycles. The van der Waals surface area contributed by atoms with Crippen molar-refractivity contribution in [3.05, 3.63) is 120 Å². The molecule has 0 aliphatic heterocycles. The summed E-state index contributed by atoms with van der Waals surface area (Å²) in [5.74, 6) is -0.723. The van der Waals surface area contributed by atoms with Gasteiger partial charge < -0.3 is 32.4 Å². The second-order valence-corrected chi connectivity index (χ2v) is 8.97. The van der Waals surface area contributed by atoms with Gasteiger partial charge in [0.15, 0.2) is 0 Å². The van der Waals surface area contributed by atoms with Gasteiger partial charge in [0.1, 0.15) is 11.5 Å². The molecule has 8 N–H and O–H groups in total. The number of carbonyl (C=O) groups excluding carboxylic acids is 2. The quantitative estimate of drug-likeness (QED) is 0.122. The molecule has 8 heteroatoms. The predicted octanol–water partition coefficient (Wildman–Crippen LogP) is 5.79. The largest absolute Gasteiger partial charge is 0.422 e. The molecule has 0 amide bonds. The lowest BCUT2D eigenvalue weighted by molar-refractivity contribution is 0.0721. The minimum Gasteiger partial charge on any atom is -0.422 e. The van der Waals surface area contributed by atoms with E-state index in [2.05, 4.69) is 0 Å². The summed E-state index contributed by atoms with van der Waals surface area (Å²) in [7, 11) is 0. The van der Waals surface area contributed by atoms with Crippen molar-refractivity contribution in [2.45, 2.75) is 0 Å². The molecule has 5 rings (SSSR count). The number of anilines is 4. The van der Waals surface area contributed by atoms with Gasteiger partial charge in [-0.2, -0.15) is 0 Å². The SMILES string of the molecule is Nc1ccccc1-c1c(N)cccc1OC(=O)c1ccc(C(=O)Oc2cccc(N)c2-c2ccccc2N)cc1. The number of benzene rings is 5. The number of esters is 2. The Labute approximate surface area is 230 Å². The van der Waals surface area contributed by atoms with Gasteiger partial charge in [0.25, 0.3) is 0 Å². The van der Waals surface area contributed by atoms with Crippen LogP contribution in [0.3, 0.4) is 0 Å². The summed E-state index contributed by atoms with van der Waals surface area (Å²) < 4.78 is 11.4. The van der Waals surface area contributed by atoms with Crippen molar-refractivity contribution in [1.29, 1.82) is 0 Å². The summed E-state index contributed by atoms with van der Waals surface area (Å²) in [4.78, 5) is 26.0. The Morgan fingerprint density at radius 3 is 1.15 bits per heavy atom. The lowest BCUT2D eigenvalue weighted by Crippen LogP contribution is -2.12. The highest BCUT2D eigenvalue weighted by Gasteiger charge is 2.19. The van der Waals surface area contributed by atoms with Gasteiger partial charge in [-0.1, -0.05) is 48.5 Å². The zero-order chi connectivity index (χ0) is 28.2. The van der Waals surface area contributed by atoms with E-state index in [1.807, 2.05) is 12.1 Å². The van der Waals surface area contributed by atoms with Crippen LogP contribution in [0.5, 0.6) is 11.5 Å². The van der Waals surface area contributed by atoms with E-state index in [0.717, 1.165) is 0 Å². The number of nitrogen functional groups attached to an aromatic ring is 4. The smallest absolute Gasteiger partial charge is 0.343 e. The molecular formula is C32H26N4O4. The Morgan fingerprint density at radius 2 is 0.775 bits per heavy atom. The van der Waals surface area contributed by atoms with Gasteiger partial charge >= 0.3 is 11.9 Å². The molecule has 0 saturated heterocycles. The number of hydrogen-bond donors (Lipinski definition) is 4. The molecule has 0 heterocycles. The van der Waals surface area contributed by atoms with E-state index in [0.29, 0.717) is 45.0 Å². The van der Waals surface area contributed by atoms with E-state index >= 15 is 0 Å². The van der Waals surface area contributed by atoms with E-state index in [1.54, 1.807) is 72.8 Å². The molecule has 0 spiro atoms. The van der Waals surface area contributed by atoms with Crippen LogP contribution < -0.4 is 32.4 Å². The summed E-state index contributed by atoms with van der Waals surface area (Å²) in [5, 5.41) is 0. The van der Waals surface area contributed by atoms with Gasteiger partial charge in [-0.3, -0.25) is 0 Å².